The van der Waals surface area contributed by atoms with Gasteiger partial charge < -0.3 is 4.74 Å². The molecule has 196 valence electrons. The molecule has 1 aliphatic carbocycles. The molecule has 0 spiro atoms. The minimum Gasteiger partial charge on any atom is -0.457 e. The molecule has 1 heterocycles. The van der Waals surface area contributed by atoms with Crippen molar-refractivity contribution in [1.82, 2.24) is 0 Å². The first kappa shape index (κ1) is 24.0. The van der Waals surface area contributed by atoms with Gasteiger partial charge in [0.15, 0.2) is 0 Å². The van der Waals surface area contributed by atoms with Gasteiger partial charge in [0.2, 0.25) is 0 Å². The van der Waals surface area contributed by atoms with Gasteiger partial charge in [-0.05, 0) is 76.6 Å². The molecule has 2 atom stereocenters. The predicted molar refractivity (Wildman–Crippen MR) is 168 cm³/mol. The molecule has 0 saturated heterocycles. The zero-order valence-electron chi connectivity index (χ0n) is 23.3. The van der Waals surface area contributed by atoms with E-state index in [2.05, 4.69) is 159 Å². The van der Waals surface area contributed by atoms with Crippen LogP contribution in [0.1, 0.15) is 47.2 Å². The van der Waals surface area contributed by atoms with Crippen LogP contribution in [0.3, 0.4) is 0 Å². The normalized spacial score (nSPS) is 19.9. The van der Waals surface area contributed by atoms with Crippen LogP contribution < -0.4 is 4.74 Å². The lowest BCUT2D eigenvalue weighted by molar-refractivity contribution is 0.428. The highest BCUT2D eigenvalue weighted by molar-refractivity contribution is 5.88. The van der Waals surface area contributed by atoms with Gasteiger partial charge in [-0.3, -0.25) is 0 Å². The number of hydrogen-bond acceptors (Lipinski definition) is 1. The first-order valence-corrected chi connectivity index (χ1v) is 14.4. The first-order chi connectivity index (χ1) is 20.1. The van der Waals surface area contributed by atoms with Crippen LogP contribution in [0.5, 0.6) is 11.5 Å². The van der Waals surface area contributed by atoms with E-state index in [1.54, 1.807) is 0 Å². The SMILES string of the molecule is CC1(c2ccccc2)c2ccccc2-c2cc(-c3cccc4c3C(C)(c3ccccc3)c3ccccc3O4)ccc21. The Kier molecular flexibility index (Phi) is 5.15. The molecule has 1 aliphatic heterocycles. The van der Waals surface area contributed by atoms with E-state index >= 15 is 0 Å². The number of hydrogen-bond donors (Lipinski definition) is 0. The van der Waals surface area contributed by atoms with Gasteiger partial charge in [-0.15, -0.1) is 0 Å². The summed E-state index contributed by atoms with van der Waals surface area (Å²) in [6, 6.07) is 52.7. The van der Waals surface area contributed by atoms with Crippen LogP contribution in [0.25, 0.3) is 22.3 Å². The Balaban J connectivity index is 1.38. The summed E-state index contributed by atoms with van der Waals surface area (Å²) in [5.41, 5.74) is 12.1. The van der Waals surface area contributed by atoms with Crippen molar-refractivity contribution in [2.24, 2.45) is 0 Å². The fourth-order valence-electron chi connectivity index (χ4n) is 7.42. The van der Waals surface area contributed by atoms with Gasteiger partial charge >= 0.3 is 0 Å². The van der Waals surface area contributed by atoms with Crippen molar-refractivity contribution in [3.05, 3.63) is 179 Å². The summed E-state index contributed by atoms with van der Waals surface area (Å²) in [6.45, 7) is 4.72. The maximum absolute atomic E-state index is 6.60. The van der Waals surface area contributed by atoms with Crippen LogP contribution in [0, 0.1) is 0 Å². The standard InChI is InChI=1S/C40H30O/c1-39(28-14-5-3-6-15-28)33-20-10-9-18-31(33)32-26-27(24-25-34(32)39)30-19-13-23-37-38(30)40(2,29-16-7-4-8-17-29)35-21-11-12-22-36(35)41-37/h3-26H,1-2H3. The Morgan fingerprint density at radius 3 is 1.73 bits per heavy atom. The smallest absolute Gasteiger partial charge is 0.132 e. The third-order valence-corrected chi connectivity index (χ3v) is 9.50. The zero-order chi connectivity index (χ0) is 27.6. The van der Waals surface area contributed by atoms with Crippen molar-refractivity contribution in [3.8, 4) is 33.8 Å². The molecule has 41 heavy (non-hydrogen) atoms. The lowest BCUT2D eigenvalue weighted by Gasteiger charge is -2.39. The fraction of sp³-hybridized carbons (Fsp3) is 0.100. The molecule has 8 rings (SSSR count). The van der Waals surface area contributed by atoms with Crippen molar-refractivity contribution in [2.75, 3.05) is 0 Å². The summed E-state index contributed by atoms with van der Waals surface area (Å²) >= 11 is 0. The summed E-state index contributed by atoms with van der Waals surface area (Å²) in [5, 5.41) is 0. The second-order valence-electron chi connectivity index (χ2n) is 11.6. The van der Waals surface area contributed by atoms with Gasteiger partial charge in [-0.1, -0.05) is 127 Å². The molecule has 0 N–H and O–H groups in total. The molecule has 0 aromatic heterocycles. The van der Waals surface area contributed by atoms with E-state index in [-0.39, 0.29) is 10.8 Å². The lowest BCUT2D eigenvalue weighted by Crippen LogP contribution is -2.30. The molecule has 1 nitrogen and oxygen atoms in total. The maximum Gasteiger partial charge on any atom is 0.132 e. The Morgan fingerprint density at radius 1 is 0.415 bits per heavy atom. The van der Waals surface area contributed by atoms with Crippen molar-refractivity contribution < 1.29 is 4.74 Å². The van der Waals surface area contributed by atoms with Crippen molar-refractivity contribution >= 4 is 0 Å². The Morgan fingerprint density at radius 2 is 0.976 bits per heavy atom. The molecule has 0 fully saturated rings. The van der Waals surface area contributed by atoms with E-state index in [1.165, 1.54) is 55.6 Å². The Labute approximate surface area is 241 Å². The molecule has 0 radical (unpaired) electrons. The van der Waals surface area contributed by atoms with E-state index in [0.717, 1.165) is 11.5 Å². The van der Waals surface area contributed by atoms with Gasteiger partial charge in [0.1, 0.15) is 11.5 Å². The number of fused-ring (bicyclic) bond motifs is 5. The molecular weight excluding hydrogens is 496 g/mol. The van der Waals surface area contributed by atoms with E-state index in [1.807, 2.05) is 0 Å². The highest BCUT2D eigenvalue weighted by Gasteiger charge is 2.43. The number of ether oxygens (including phenoxy) is 1. The predicted octanol–water partition coefficient (Wildman–Crippen LogP) is 10.1. The second-order valence-corrected chi connectivity index (χ2v) is 11.6. The van der Waals surface area contributed by atoms with Crippen LogP contribution >= 0.6 is 0 Å². The molecule has 2 aliphatic rings. The Hall–Kier alpha value is -4.88. The molecule has 6 aromatic carbocycles. The molecule has 1 heteroatoms. The largest absolute Gasteiger partial charge is 0.457 e. The minimum absolute atomic E-state index is 0.206. The van der Waals surface area contributed by atoms with Crippen LogP contribution in [-0.2, 0) is 10.8 Å². The summed E-state index contributed by atoms with van der Waals surface area (Å²) in [5.74, 6) is 1.84. The molecular formula is C40H30O. The summed E-state index contributed by atoms with van der Waals surface area (Å²) in [4.78, 5) is 0. The number of rotatable bonds is 3. The number of benzene rings is 6. The highest BCUT2D eigenvalue weighted by Crippen LogP contribution is 2.56. The van der Waals surface area contributed by atoms with E-state index < -0.39 is 0 Å². The fourth-order valence-corrected chi connectivity index (χ4v) is 7.42. The van der Waals surface area contributed by atoms with E-state index in [4.69, 9.17) is 4.74 Å². The molecule has 0 saturated carbocycles. The Bertz CT molecular complexity index is 1940. The van der Waals surface area contributed by atoms with Gasteiger partial charge in [-0.25, -0.2) is 0 Å². The highest BCUT2D eigenvalue weighted by atomic mass is 16.5. The maximum atomic E-state index is 6.60. The van der Waals surface area contributed by atoms with Gasteiger partial charge in [0.05, 0.1) is 5.41 Å². The lowest BCUT2D eigenvalue weighted by atomic mass is 9.67. The zero-order valence-corrected chi connectivity index (χ0v) is 23.3. The molecule has 6 aromatic rings. The first-order valence-electron chi connectivity index (χ1n) is 14.4. The topological polar surface area (TPSA) is 9.23 Å². The second kappa shape index (κ2) is 8.81. The van der Waals surface area contributed by atoms with Gasteiger partial charge in [-0.2, -0.15) is 0 Å². The monoisotopic (exact) mass is 526 g/mol. The van der Waals surface area contributed by atoms with Crippen molar-refractivity contribution in [2.45, 2.75) is 24.7 Å². The van der Waals surface area contributed by atoms with Crippen LogP contribution in [0.4, 0.5) is 0 Å². The van der Waals surface area contributed by atoms with E-state index in [9.17, 15) is 0 Å². The third kappa shape index (κ3) is 3.30. The van der Waals surface area contributed by atoms with Crippen molar-refractivity contribution in [1.29, 1.82) is 0 Å². The molecule has 2 unspecified atom stereocenters. The average Bonchev–Trinajstić information content (AvgIpc) is 3.30. The van der Waals surface area contributed by atoms with Gasteiger partial charge in [0, 0.05) is 16.5 Å². The summed E-state index contributed by atoms with van der Waals surface area (Å²) in [7, 11) is 0. The molecule has 0 amide bonds. The van der Waals surface area contributed by atoms with Crippen LogP contribution in [0.15, 0.2) is 146 Å². The van der Waals surface area contributed by atoms with Crippen molar-refractivity contribution in [3.63, 3.8) is 0 Å². The van der Waals surface area contributed by atoms with E-state index in [0.29, 0.717) is 0 Å². The van der Waals surface area contributed by atoms with Crippen LogP contribution in [-0.4, -0.2) is 0 Å². The summed E-state index contributed by atoms with van der Waals surface area (Å²) in [6.07, 6.45) is 0. The average molecular weight is 527 g/mol. The van der Waals surface area contributed by atoms with Gasteiger partial charge in [0.25, 0.3) is 0 Å². The molecule has 0 bridgehead atoms. The number of para-hydroxylation sites is 1. The van der Waals surface area contributed by atoms with Crippen LogP contribution in [0.2, 0.25) is 0 Å². The minimum atomic E-state index is -0.377. The summed E-state index contributed by atoms with van der Waals surface area (Å²) < 4.78 is 6.60. The quantitative estimate of drug-likeness (QED) is 0.223. The third-order valence-electron chi connectivity index (χ3n) is 9.50.